The molecule has 0 aliphatic heterocycles. The minimum atomic E-state index is -0.0444. The number of hydrogen-bond donors (Lipinski definition) is 1. The van der Waals surface area contributed by atoms with Crippen molar-refractivity contribution < 1.29 is 9.53 Å². The molecule has 2 aromatic rings. The van der Waals surface area contributed by atoms with Crippen molar-refractivity contribution in [2.75, 3.05) is 12.9 Å². The highest BCUT2D eigenvalue weighted by Crippen LogP contribution is 2.40. The third-order valence-corrected chi connectivity index (χ3v) is 4.97. The number of para-hydroxylation sites is 1. The van der Waals surface area contributed by atoms with Gasteiger partial charge in [-0.2, -0.15) is 0 Å². The third-order valence-electron chi connectivity index (χ3n) is 4.00. The summed E-state index contributed by atoms with van der Waals surface area (Å²) in [6, 6.07) is 7.65. The fraction of sp³-hybridized carbons (Fsp3) is 0.389. The standard InChI is InChI=1S/C18H22N4O2S/c1-3-10-22-17(13-8-9-13)20-21-18(22)25-12-16(23)19-11-14-6-4-5-7-15(14)24-2/h3-7,13H,1,8-12H2,2H3,(H,19,23). The molecule has 1 N–H and O–H groups in total. The van der Waals surface area contributed by atoms with E-state index in [1.54, 1.807) is 7.11 Å². The van der Waals surface area contributed by atoms with E-state index >= 15 is 0 Å². The van der Waals surface area contributed by atoms with Gasteiger partial charge < -0.3 is 14.6 Å². The number of allylic oxidation sites excluding steroid dienone is 1. The average Bonchev–Trinajstić information content (AvgIpc) is 3.40. The van der Waals surface area contributed by atoms with Gasteiger partial charge in [0.25, 0.3) is 0 Å². The molecule has 132 valence electrons. The number of nitrogens with zero attached hydrogens (tertiary/aromatic N) is 3. The molecule has 0 radical (unpaired) electrons. The molecule has 1 heterocycles. The van der Waals surface area contributed by atoms with Crippen LogP contribution in [0.4, 0.5) is 0 Å². The highest BCUT2D eigenvalue weighted by Gasteiger charge is 2.30. The fourth-order valence-corrected chi connectivity index (χ4v) is 3.36. The molecule has 0 unspecified atom stereocenters. The molecule has 1 aliphatic rings. The quantitative estimate of drug-likeness (QED) is 0.551. The predicted octanol–water partition coefficient (Wildman–Crippen LogP) is 2.76. The van der Waals surface area contributed by atoms with Crippen LogP contribution in [-0.2, 0) is 17.9 Å². The number of carbonyl (C=O) groups is 1. The van der Waals surface area contributed by atoms with E-state index in [2.05, 4.69) is 26.7 Å². The lowest BCUT2D eigenvalue weighted by Gasteiger charge is -2.10. The highest BCUT2D eigenvalue weighted by molar-refractivity contribution is 7.99. The Bertz CT molecular complexity index is 755. The summed E-state index contributed by atoms with van der Waals surface area (Å²) in [5, 5.41) is 12.2. The number of carbonyl (C=O) groups excluding carboxylic acids is 1. The molecule has 25 heavy (non-hydrogen) atoms. The first-order valence-corrected chi connectivity index (χ1v) is 9.27. The summed E-state index contributed by atoms with van der Waals surface area (Å²) >= 11 is 1.40. The normalized spacial score (nSPS) is 13.5. The van der Waals surface area contributed by atoms with Gasteiger partial charge in [-0.25, -0.2) is 0 Å². The van der Waals surface area contributed by atoms with E-state index < -0.39 is 0 Å². The van der Waals surface area contributed by atoms with Gasteiger partial charge in [-0.3, -0.25) is 4.79 Å². The molecule has 1 amide bonds. The zero-order valence-corrected chi connectivity index (χ0v) is 15.1. The Labute approximate surface area is 151 Å². The highest BCUT2D eigenvalue weighted by atomic mass is 32.2. The Morgan fingerprint density at radius 1 is 1.44 bits per heavy atom. The zero-order chi connectivity index (χ0) is 17.6. The van der Waals surface area contributed by atoms with E-state index in [0.29, 0.717) is 24.8 Å². The number of rotatable bonds is 9. The maximum Gasteiger partial charge on any atom is 0.230 e. The Hall–Kier alpha value is -2.28. The van der Waals surface area contributed by atoms with E-state index in [4.69, 9.17) is 4.74 Å². The van der Waals surface area contributed by atoms with E-state index in [0.717, 1.165) is 22.3 Å². The second-order valence-corrected chi connectivity index (χ2v) is 6.83. The molecule has 0 atom stereocenters. The Kier molecular flexibility index (Phi) is 5.75. The van der Waals surface area contributed by atoms with Crippen molar-refractivity contribution in [3.63, 3.8) is 0 Å². The summed E-state index contributed by atoms with van der Waals surface area (Å²) in [6.07, 6.45) is 4.17. The topological polar surface area (TPSA) is 69.0 Å². The first kappa shape index (κ1) is 17.5. The van der Waals surface area contributed by atoms with E-state index in [-0.39, 0.29) is 5.91 Å². The van der Waals surface area contributed by atoms with Crippen LogP contribution in [0.25, 0.3) is 0 Å². The summed E-state index contributed by atoms with van der Waals surface area (Å²) in [6.45, 7) is 4.91. The molecule has 7 heteroatoms. The molecule has 3 rings (SSSR count). The maximum absolute atomic E-state index is 12.2. The zero-order valence-electron chi connectivity index (χ0n) is 14.3. The van der Waals surface area contributed by atoms with Gasteiger partial charge in [0.15, 0.2) is 5.16 Å². The number of benzene rings is 1. The fourth-order valence-electron chi connectivity index (χ4n) is 2.57. The molecular formula is C18H22N4O2S. The summed E-state index contributed by atoms with van der Waals surface area (Å²) in [5.41, 5.74) is 0.953. The summed E-state index contributed by atoms with van der Waals surface area (Å²) in [7, 11) is 1.63. The third kappa shape index (κ3) is 4.42. The molecule has 1 saturated carbocycles. The van der Waals surface area contributed by atoms with E-state index in [1.165, 1.54) is 24.6 Å². The Morgan fingerprint density at radius 2 is 2.24 bits per heavy atom. The SMILES string of the molecule is C=CCn1c(SCC(=O)NCc2ccccc2OC)nnc1C1CC1. The van der Waals surface area contributed by atoms with Gasteiger partial charge in [-0.1, -0.05) is 36.0 Å². The van der Waals surface area contributed by atoms with Crippen LogP contribution in [0.15, 0.2) is 42.1 Å². The molecule has 1 aromatic heterocycles. The van der Waals surface area contributed by atoms with Crippen LogP contribution in [0.2, 0.25) is 0 Å². The average molecular weight is 358 g/mol. The molecule has 6 nitrogen and oxygen atoms in total. The lowest BCUT2D eigenvalue weighted by molar-refractivity contribution is -0.118. The van der Waals surface area contributed by atoms with Crippen LogP contribution in [-0.4, -0.2) is 33.5 Å². The van der Waals surface area contributed by atoms with Crippen molar-refractivity contribution in [3.05, 3.63) is 48.3 Å². The van der Waals surface area contributed by atoms with Crippen LogP contribution in [0.5, 0.6) is 5.75 Å². The summed E-state index contributed by atoms with van der Waals surface area (Å²) in [4.78, 5) is 12.2. The van der Waals surface area contributed by atoms with Gasteiger partial charge in [-0.15, -0.1) is 16.8 Å². The van der Waals surface area contributed by atoms with Crippen molar-refractivity contribution >= 4 is 17.7 Å². The van der Waals surface area contributed by atoms with Crippen molar-refractivity contribution in [2.24, 2.45) is 0 Å². The number of thioether (sulfide) groups is 1. The van der Waals surface area contributed by atoms with Gasteiger partial charge in [-0.05, 0) is 18.9 Å². The largest absolute Gasteiger partial charge is 0.496 e. The number of amides is 1. The lowest BCUT2D eigenvalue weighted by Crippen LogP contribution is -2.25. The Balaban J connectivity index is 1.55. The second kappa shape index (κ2) is 8.20. The van der Waals surface area contributed by atoms with Gasteiger partial charge >= 0.3 is 0 Å². The minimum Gasteiger partial charge on any atom is -0.496 e. The van der Waals surface area contributed by atoms with Crippen LogP contribution in [0.1, 0.15) is 30.1 Å². The van der Waals surface area contributed by atoms with E-state index in [1.807, 2.05) is 30.3 Å². The van der Waals surface area contributed by atoms with Gasteiger partial charge in [0.1, 0.15) is 11.6 Å². The number of nitrogens with one attached hydrogen (secondary N) is 1. The summed E-state index contributed by atoms with van der Waals surface area (Å²) < 4.78 is 7.35. The molecule has 1 aromatic carbocycles. The summed E-state index contributed by atoms with van der Waals surface area (Å²) in [5.74, 6) is 2.56. The van der Waals surface area contributed by atoms with Crippen molar-refractivity contribution in [3.8, 4) is 5.75 Å². The predicted molar refractivity (Wildman–Crippen MR) is 97.8 cm³/mol. The number of aromatic nitrogens is 3. The number of hydrogen-bond acceptors (Lipinski definition) is 5. The Morgan fingerprint density at radius 3 is 2.96 bits per heavy atom. The van der Waals surface area contributed by atoms with Gasteiger partial charge in [0, 0.05) is 24.6 Å². The van der Waals surface area contributed by atoms with E-state index in [9.17, 15) is 4.79 Å². The number of ether oxygens (including phenoxy) is 1. The van der Waals surface area contributed by atoms with Gasteiger partial charge in [0.05, 0.1) is 12.9 Å². The van der Waals surface area contributed by atoms with Crippen LogP contribution in [0.3, 0.4) is 0 Å². The molecule has 1 fully saturated rings. The second-order valence-electron chi connectivity index (χ2n) is 5.89. The van der Waals surface area contributed by atoms with Crippen molar-refractivity contribution in [1.82, 2.24) is 20.1 Å². The molecule has 1 aliphatic carbocycles. The lowest BCUT2D eigenvalue weighted by atomic mass is 10.2. The molecule has 0 spiro atoms. The van der Waals surface area contributed by atoms with Crippen molar-refractivity contribution in [2.45, 2.75) is 37.0 Å². The smallest absolute Gasteiger partial charge is 0.230 e. The maximum atomic E-state index is 12.2. The van der Waals surface area contributed by atoms with Crippen molar-refractivity contribution in [1.29, 1.82) is 0 Å². The van der Waals surface area contributed by atoms with Gasteiger partial charge in [0.2, 0.25) is 5.91 Å². The number of methoxy groups -OCH3 is 1. The van der Waals surface area contributed by atoms with Crippen LogP contribution in [0, 0.1) is 0 Å². The first-order chi connectivity index (χ1) is 12.2. The molecule has 0 bridgehead atoms. The van der Waals surface area contributed by atoms with Crippen LogP contribution >= 0.6 is 11.8 Å². The minimum absolute atomic E-state index is 0.0444. The monoisotopic (exact) mass is 358 g/mol. The first-order valence-electron chi connectivity index (χ1n) is 8.28. The molecule has 0 saturated heterocycles. The molecular weight excluding hydrogens is 336 g/mol. The van der Waals surface area contributed by atoms with Crippen LogP contribution < -0.4 is 10.1 Å².